The summed E-state index contributed by atoms with van der Waals surface area (Å²) in [5.41, 5.74) is -0.705. The van der Waals surface area contributed by atoms with Gasteiger partial charge >= 0.3 is 12.4 Å². The number of alkyl halides is 4. The Kier molecular flexibility index (Phi) is 6.57. The zero-order chi connectivity index (χ0) is 26.0. The van der Waals surface area contributed by atoms with Crippen LogP contribution in [0.3, 0.4) is 0 Å². The lowest BCUT2D eigenvalue weighted by atomic mass is 10.1. The van der Waals surface area contributed by atoms with Gasteiger partial charge in [-0.3, -0.25) is 9.48 Å². The predicted octanol–water partition coefficient (Wildman–Crippen LogP) is 2.97. The van der Waals surface area contributed by atoms with Crippen LogP contribution in [0.4, 0.5) is 23.2 Å². The van der Waals surface area contributed by atoms with Crippen LogP contribution in [0.2, 0.25) is 0 Å². The second-order valence-corrected chi connectivity index (χ2v) is 8.91. The molecule has 0 saturated heterocycles. The van der Waals surface area contributed by atoms with Gasteiger partial charge in [-0.1, -0.05) is 0 Å². The summed E-state index contributed by atoms with van der Waals surface area (Å²) in [6.45, 7) is -3.70. The number of aromatic nitrogens is 5. The molecule has 1 amide bonds. The first-order valence-electron chi connectivity index (χ1n) is 9.77. The van der Waals surface area contributed by atoms with E-state index in [0.717, 1.165) is 10.7 Å². The number of carbonyl (C=O) groups is 1. The zero-order valence-corrected chi connectivity index (χ0v) is 18.5. The van der Waals surface area contributed by atoms with Crippen molar-refractivity contribution in [2.75, 3.05) is 5.32 Å². The minimum Gasteiger partial charge on any atom is -0.434 e. The largest absolute Gasteiger partial charge is 0.434 e. The third kappa shape index (κ3) is 4.68. The smallest absolute Gasteiger partial charge is 0.387 e. The van der Waals surface area contributed by atoms with Crippen molar-refractivity contribution in [3.63, 3.8) is 0 Å². The number of hydrogen-bond donors (Lipinski definition) is 1. The zero-order valence-electron chi connectivity index (χ0n) is 17.7. The van der Waals surface area contributed by atoms with Gasteiger partial charge in [0, 0.05) is 18.0 Å². The van der Waals surface area contributed by atoms with Crippen molar-refractivity contribution < 1.29 is 35.5 Å². The van der Waals surface area contributed by atoms with E-state index < -0.39 is 44.3 Å². The van der Waals surface area contributed by atoms with Gasteiger partial charge in [0.1, 0.15) is 23.6 Å². The molecule has 0 aliphatic heterocycles. The van der Waals surface area contributed by atoms with Crippen LogP contribution in [0.25, 0.3) is 16.9 Å². The molecule has 186 valence electrons. The highest BCUT2D eigenvalue weighted by Crippen LogP contribution is 2.37. The van der Waals surface area contributed by atoms with E-state index in [1.807, 2.05) is 0 Å². The minimum absolute atomic E-state index is 0.0210. The lowest BCUT2D eigenvalue weighted by Crippen LogP contribution is -2.13. The molecular weight excluding hydrogens is 510 g/mol. The Labute approximate surface area is 199 Å². The Morgan fingerprint density at radius 2 is 2.03 bits per heavy atom. The standard InChI is InChI=1S/C20H13F4N7O4S/c21-19(22)35-15-3-2-11(36(33,34)20(23)24)8-12(15)16-14(10-30(29-16)7-4-25)28-18(32)13-9-27-31-6-1-5-26-17(13)31/h1-3,5-6,8-10,19-20H,7H2,(H,28,32). The van der Waals surface area contributed by atoms with E-state index in [4.69, 9.17) is 5.26 Å². The molecule has 0 spiro atoms. The molecule has 0 atom stereocenters. The summed E-state index contributed by atoms with van der Waals surface area (Å²) >= 11 is 0. The number of rotatable bonds is 8. The van der Waals surface area contributed by atoms with Crippen molar-refractivity contribution in [3.05, 3.63) is 54.6 Å². The van der Waals surface area contributed by atoms with Gasteiger partial charge in [-0.15, -0.1) is 0 Å². The second-order valence-electron chi connectivity index (χ2n) is 6.99. The van der Waals surface area contributed by atoms with Gasteiger partial charge in [-0.2, -0.15) is 33.0 Å². The third-order valence-corrected chi connectivity index (χ3v) is 6.13. The molecule has 3 heterocycles. The summed E-state index contributed by atoms with van der Waals surface area (Å²) in [6, 6.07) is 5.49. The van der Waals surface area contributed by atoms with E-state index in [1.165, 1.54) is 23.1 Å². The van der Waals surface area contributed by atoms with Gasteiger partial charge in [-0.25, -0.2) is 17.9 Å². The number of nitrogens with one attached hydrogen (secondary N) is 1. The number of benzene rings is 1. The highest BCUT2D eigenvalue weighted by atomic mass is 32.2. The Morgan fingerprint density at radius 3 is 2.72 bits per heavy atom. The van der Waals surface area contributed by atoms with Gasteiger partial charge in [0.15, 0.2) is 5.65 Å². The van der Waals surface area contributed by atoms with Gasteiger partial charge in [0.25, 0.3) is 5.91 Å². The summed E-state index contributed by atoms with van der Waals surface area (Å²) in [7, 11) is -5.12. The van der Waals surface area contributed by atoms with Crippen LogP contribution in [0.1, 0.15) is 10.4 Å². The van der Waals surface area contributed by atoms with Crippen LogP contribution in [-0.2, 0) is 16.4 Å². The van der Waals surface area contributed by atoms with Gasteiger partial charge in [0.05, 0.1) is 29.0 Å². The second kappa shape index (κ2) is 9.62. The van der Waals surface area contributed by atoms with Gasteiger partial charge in [0.2, 0.25) is 9.84 Å². The number of nitrogens with zero attached hydrogens (tertiary/aromatic N) is 6. The molecule has 0 bridgehead atoms. The summed E-state index contributed by atoms with van der Waals surface area (Å²) in [5.74, 6) is -5.15. The lowest BCUT2D eigenvalue weighted by Gasteiger charge is -2.13. The fraction of sp³-hybridized carbons (Fsp3) is 0.150. The van der Waals surface area contributed by atoms with E-state index >= 15 is 0 Å². The van der Waals surface area contributed by atoms with E-state index in [2.05, 4.69) is 25.2 Å². The molecule has 0 aliphatic carbocycles. The quantitative estimate of drug-likeness (QED) is 0.347. The molecule has 0 aliphatic rings. The fourth-order valence-electron chi connectivity index (χ4n) is 3.21. The molecule has 0 saturated carbocycles. The Bertz CT molecular complexity index is 1600. The monoisotopic (exact) mass is 523 g/mol. The molecule has 4 aromatic rings. The molecule has 16 heteroatoms. The van der Waals surface area contributed by atoms with Crippen molar-refractivity contribution in [2.45, 2.75) is 23.8 Å². The normalized spacial score (nSPS) is 11.7. The number of anilines is 1. The first kappa shape index (κ1) is 24.6. The molecule has 36 heavy (non-hydrogen) atoms. The lowest BCUT2D eigenvalue weighted by molar-refractivity contribution is -0.0495. The maximum Gasteiger partial charge on any atom is 0.387 e. The average Bonchev–Trinajstić information content (AvgIpc) is 3.43. The van der Waals surface area contributed by atoms with E-state index in [-0.39, 0.29) is 29.1 Å². The Morgan fingerprint density at radius 1 is 1.25 bits per heavy atom. The first-order chi connectivity index (χ1) is 17.1. The average molecular weight is 523 g/mol. The van der Waals surface area contributed by atoms with Crippen molar-refractivity contribution in [2.24, 2.45) is 0 Å². The van der Waals surface area contributed by atoms with E-state index in [1.54, 1.807) is 18.3 Å². The number of ether oxygens (including phenoxy) is 1. The number of amides is 1. The van der Waals surface area contributed by atoms with Crippen LogP contribution >= 0.6 is 0 Å². The van der Waals surface area contributed by atoms with Crippen LogP contribution in [0.5, 0.6) is 5.75 Å². The first-order valence-corrected chi connectivity index (χ1v) is 11.3. The van der Waals surface area contributed by atoms with Crippen LogP contribution in [-0.4, -0.2) is 51.1 Å². The third-order valence-electron chi connectivity index (χ3n) is 4.75. The summed E-state index contributed by atoms with van der Waals surface area (Å²) in [5, 5.41) is 19.5. The molecule has 11 nitrogen and oxygen atoms in total. The predicted molar refractivity (Wildman–Crippen MR) is 114 cm³/mol. The topological polar surface area (TPSA) is 144 Å². The highest BCUT2D eigenvalue weighted by molar-refractivity contribution is 7.91. The summed E-state index contributed by atoms with van der Waals surface area (Å²) in [6.07, 6.45) is 5.36. The molecule has 0 fully saturated rings. The number of nitriles is 1. The molecular formula is C20H13F4N7O4S. The van der Waals surface area contributed by atoms with Gasteiger partial charge < -0.3 is 10.1 Å². The van der Waals surface area contributed by atoms with Crippen LogP contribution in [0, 0.1) is 11.3 Å². The Hall–Kier alpha value is -4.52. The molecule has 0 unspecified atom stereocenters. The van der Waals surface area contributed by atoms with Crippen LogP contribution in [0.15, 0.2) is 53.9 Å². The molecule has 1 N–H and O–H groups in total. The highest BCUT2D eigenvalue weighted by Gasteiger charge is 2.29. The van der Waals surface area contributed by atoms with Crippen molar-refractivity contribution in [1.29, 1.82) is 5.26 Å². The fourth-order valence-corrected chi connectivity index (χ4v) is 3.96. The van der Waals surface area contributed by atoms with Crippen molar-refractivity contribution in [3.8, 4) is 23.1 Å². The molecule has 4 rings (SSSR count). The summed E-state index contributed by atoms with van der Waals surface area (Å²) in [4.78, 5) is 16.1. The van der Waals surface area contributed by atoms with E-state index in [0.29, 0.717) is 12.1 Å². The van der Waals surface area contributed by atoms with Crippen molar-refractivity contribution >= 4 is 27.1 Å². The maximum absolute atomic E-state index is 13.1. The maximum atomic E-state index is 13.1. The van der Waals surface area contributed by atoms with E-state index in [9.17, 15) is 30.8 Å². The number of fused-ring (bicyclic) bond motifs is 1. The van der Waals surface area contributed by atoms with Crippen molar-refractivity contribution in [1.82, 2.24) is 24.4 Å². The Balaban J connectivity index is 1.84. The molecule has 1 aromatic carbocycles. The number of carbonyl (C=O) groups excluding carboxylic acids is 1. The minimum atomic E-state index is -5.12. The summed E-state index contributed by atoms with van der Waals surface area (Å²) < 4.78 is 83.1. The number of halogens is 4. The SMILES string of the molecule is N#CCn1cc(NC(=O)c2cnn3cccnc23)c(-c2cc(S(=O)(=O)C(F)F)ccc2OC(F)F)n1. The number of hydrogen-bond acceptors (Lipinski definition) is 8. The molecule has 3 aromatic heterocycles. The van der Waals surface area contributed by atoms with Gasteiger partial charge in [-0.05, 0) is 24.3 Å². The van der Waals surface area contributed by atoms with Crippen LogP contribution < -0.4 is 10.1 Å². The molecule has 0 radical (unpaired) electrons. The number of sulfone groups is 1.